The molecule has 4 rings (SSSR count). The molecule has 2 N–H and O–H groups in total. The standard InChI is InChI=1S/C30H33FN4O2.ClH/c1-3-24(21-11-7-6-8-12-21)29(22-14-16-26-25(19-22)30(31)35-34-26)23-15-17-28(33-20-23)37-18-10-5-4-9-13-27(36)32-2;/h6-8,11-12,14-17,19-20H,3-5,9-10,13,18H2,1-2H3,(H,32,36)(H,34,35);1H/b29-24-;. The van der Waals surface area contributed by atoms with Gasteiger partial charge in [-0.05, 0) is 59.7 Å². The lowest BCUT2D eigenvalue weighted by atomic mass is 9.88. The Morgan fingerprint density at radius 2 is 1.74 bits per heavy atom. The number of aromatic nitrogens is 3. The lowest BCUT2D eigenvalue weighted by Gasteiger charge is -2.16. The number of fused-ring (bicyclic) bond motifs is 1. The van der Waals surface area contributed by atoms with Crippen LogP contribution in [0, 0.1) is 5.95 Å². The van der Waals surface area contributed by atoms with E-state index in [-0.39, 0.29) is 18.3 Å². The van der Waals surface area contributed by atoms with E-state index in [4.69, 9.17) is 4.74 Å². The van der Waals surface area contributed by atoms with E-state index in [1.54, 1.807) is 7.05 Å². The number of hydrogen-bond acceptors (Lipinski definition) is 4. The summed E-state index contributed by atoms with van der Waals surface area (Å²) in [5, 5.41) is 9.56. The molecule has 1 amide bonds. The van der Waals surface area contributed by atoms with Gasteiger partial charge in [0.2, 0.25) is 17.7 Å². The zero-order valence-electron chi connectivity index (χ0n) is 21.8. The van der Waals surface area contributed by atoms with Gasteiger partial charge in [-0.3, -0.25) is 9.89 Å². The van der Waals surface area contributed by atoms with Gasteiger partial charge in [-0.2, -0.15) is 9.49 Å². The Labute approximate surface area is 229 Å². The van der Waals surface area contributed by atoms with Crippen molar-refractivity contribution >= 4 is 40.4 Å². The first kappa shape index (κ1) is 28.9. The van der Waals surface area contributed by atoms with E-state index in [0.717, 1.165) is 59.9 Å². The fourth-order valence-electron chi connectivity index (χ4n) is 4.47. The van der Waals surface area contributed by atoms with Gasteiger partial charge in [-0.25, -0.2) is 4.98 Å². The molecule has 0 unspecified atom stereocenters. The van der Waals surface area contributed by atoms with Crippen molar-refractivity contribution in [3.05, 3.63) is 89.5 Å². The van der Waals surface area contributed by atoms with Gasteiger partial charge in [-0.15, -0.1) is 12.4 Å². The van der Waals surface area contributed by atoms with Gasteiger partial charge in [0, 0.05) is 31.3 Å². The summed E-state index contributed by atoms with van der Waals surface area (Å²) in [5.74, 6) is 0.217. The monoisotopic (exact) mass is 536 g/mol. The van der Waals surface area contributed by atoms with E-state index in [0.29, 0.717) is 29.8 Å². The number of halogens is 2. The van der Waals surface area contributed by atoms with Crippen LogP contribution in [-0.2, 0) is 4.79 Å². The molecule has 0 aliphatic rings. The molecule has 6 nitrogen and oxygen atoms in total. The largest absolute Gasteiger partial charge is 0.478 e. The van der Waals surface area contributed by atoms with Crippen molar-refractivity contribution in [1.82, 2.24) is 20.5 Å². The normalized spacial score (nSPS) is 11.6. The van der Waals surface area contributed by atoms with Crippen molar-refractivity contribution in [2.24, 2.45) is 0 Å². The van der Waals surface area contributed by atoms with Crippen molar-refractivity contribution in [2.45, 2.75) is 45.4 Å². The maximum absolute atomic E-state index is 14.3. The quantitative estimate of drug-likeness (QED) is 0.151. The summed E-state index contributed by atoms with van der Waals surface area (Å²) >= 11 is 0. The molecule has 0 aliphatic carbocycles. The molecule has 0 aliphatic heterocycles. The Morgan fingerprint density at radius 3 is 2.45 bits per heavy atom. The first-order valence-corrected chi connectivity index (χ1v) is 12.8. The average molecular weight is 537 g/mol. The summed E-state index contributed by atoms with van der Waals surface area (Å²) in [4.78, 5) is 15.9. The molecule has 8 heteroatoms. The zero-order valence-corrected chi connectivity index (χ0v) is 22.6. The van der Waals surface area contributed by atoms with Crippen LogP contribution in [0.15, 0.2) is 66.9 Å². The number of aromatic amines is 1. The molecule has 200 valence electrons. The molecule has 38 heavy (non-hydrogen) atoms. The van der Waals surface area contributed by atoms with Crippen LogP contribution < -0.4 is 10.1 Å². The van der Waals surface area contributed by atoms with Crippen LogP contribution in [0.2, 0.25) is 0 Å². The fraction of sp³-hybridized carbons (Fsp3) is 0.300. The predicted octanol–water partition coefficient (Wildman–Crippen LogP) is 6.96. The third-order valence-corrected chi connectivity index (χ3v) is 6.43. The van der Waals surface area contributed by atoms with Gasteiger partial charge in [0.25, 0.3) is 0 Å². The number of amides is 1. The summed E-state index contributed by atoms with van der Waals surface area (Å²) < 4.78 is 20.2. The van der Waals surface area contributed by atoms with E-state index in [9.17, 15) is 9.18 Å². The molecular weight excluding hydrogens is 503 g/mol. The number of pyridine rings is 1. The molecule has 2 heterocycles. The minimum Gasteiger partial charge on any atom is -0.478 e. The van der Waals surface area contributed by atoms with Crippen LogP contribution in [0.25, 0.3) is 22.0 Å². The SMILES string of the molecule is CC/C(=C(/c1ccc(OCCCCCCC(=O)NC)nc1)c1ccc2n[nH]c(F)c2c1)c1ccccc1.Cl. The van der Waals surface area contributed by atoms with Crippen LogP contribution in [0.4, 0.5) is 4.39 Å². The second kappa shape index (κ2) is 14.3. The van der Waals surface area contributed by atoms with Crippen molar-refractivity contribution in [1.29, 1.82) is 0 Å². The molecule has 4 aromatic rings. The van der Waals surface area contributed by atoms with Gasteiger partial charge in [0.15, 0.2) is 0 Å². The maximum Gasteiger partial charge on any atom is 0.219 e. The number of ether oxygens (including phenoxy) is 1. The molecule has 0 bridgehead atoms. The van der Waals surface area contributed by atoms with Crippen LogP contribution in [0.3, 0.4) is 0 Å². The second-order valence-corrected chi connectivity index (χ2v) is 8.91. The second-order valence-electron chi connectivity index (χ2n) is 8.91. The minimum absolute atomic E-state index is 0. The van der Waals surface area contributed by atoms with Gasteiger partial charge < -0.3 is 10.1 Å². The summed E-state index contributed by atoms with van der Waals surface area (Å²) in [6.45, 7) is 2.70. The fourth-order valence-corrected chi connectivity index (χ4v) is 4.47. The van der Waals surface area contributed by atoms with Crippen LogP contribution in [0.1, 0.15) is 62.1 Å². The highest BCUT2D eigenvalue weighted by Crippen LogP contribution is 2.35. The van der Waals surface area contributed by atoms with Crippen molar-refractivity contribution < 1.29 is 13.9 Å². The van der Waals surface area contributed by atoms with Crippen LogP contribution in [-0.4, -0.2) is 34.7 Å². The highest BCUT2D eigenvalue weighted by Gasteiger charge is 2.16. The molecule has 2 aromatic heterocycles. The number of benzene rings is 2. The average Bonchev–Trinajstić information content (AvgIpc) is 3.31. The number of carbonyl (C=O) groups is 1. The van der Waals surface area contributed by atoms with Gasteiger partial charge >= 0.3 is 0 Å². The summed E-state index contributed by atoms with van der Waals surface area (Å²) in [5.41, 5.74) is 5.70. The Balaban J connectivity index is 0.00000400. The van der Waals surface area contributed by atoms with Crippen molar-refractivity contribution in [3.8, 4) is 5.88 Å². The number of rotatable bonds is 12. The number of nitrogens with one attached hydrogen (secondary N) is 2. The topological polar surface area (TPSA) is 79.9 Å². The van der Waals surface area contributed by atoms with Crippen molar-refractivity contribution in [3.63, 3.8) is 0 Å². The van der Waals surface area contributed by atoms with Crippen LogP contribution in [0.5, 0.6) is 5.88 Å². The molecule has 0 atom stereocenters. The lowest BCUT2D eigenvalue weighted by molar-refractivity contribution is -0.120. The third kappa shape index (κ3) is 7.19. The Morgan fingerprint density at radius 1 is 0.974 bits per heavy atom. The molecule has 2 aromatic carbocycles. The van der Waals surface area contributed by atoms with E-state index in [1.165, 1.54) is 0 Å². The van der Waals surface area contributed by atoms with Gasteiger partial charge in [-0.1, -0.05) is 56.2 Å². The highest BCUT2D eigenvalue weighted by molar-refractivity contribution is 6.00. The Hall–Kier alpha value is -3.71. The molecule has 0 fully saturated rings. The first-order chi connectivity index (χ1) is 18.1. The molecular formula is C30H34ClFN4O2. The van der Waals surface area contributed by atoms with E-state index >= 15 is 0 Å². The lowest BCUT2D eigenvalue weighted by Crippen LogP contribution is -2.16. The Bertz CT molecular complexity index is 1350. The van der Waals surface area contributed by atoms with E-state index in [2.05, 4.69) is 39.6 Å². The highest BCUT2D eigenvalue weighted by atomic mass is 35.5. The number of carbonyl (C=O) groups excluding carboxylic acids is 1. The smallest absolute Gasteiger partial charge is 0.219 e. The summed E-state index contributed by atoms with van der Waals surface area (Å²) in [6, 6.07) is 19.8. The Kier molecular flexibility index (Phi) is 10.8. The number of nitrogens with zero attached hydrogens (tertiary/aromatic N) is 2. The third-order valence-electron chi connectivity index (χ3n) is 6.43. The maximum atomic E-state index is 14.3. The number of hydrogen-bond donors (Lipinski definition) is 2. The number of allylic oxidation sites excluding steroid dienone is 1. The number of H-pyrrole nitrogens is 1. The predicted molar refractivity (Wildman–Crippen MR) is 153 cm³/mol. The zero-order chi connectivity index (χ0) is 26.0. The molecule has 0 radical (unpaired) electrons. The van der Waals surface area contributed by atoms with E-state index < -0.39 is 5.95 Å². The molecule has 0 saturated heterocycles. The molecule has 0 saturated carbocycles. The number of unbranched alkanes of at least 4 members (excludes halogenated alkanes) is 3. The first-order valence-electron chi connectivity index (χ1n) is 12.8. The van der Waals surface area contributed by atoms with Gasteiger partial charge in [0.1, 0.15) is 0 Å². The molecule has 0 spiro atoms. The van der Waals surface area contributed by atoms with Crippen molar-refractivity contribution in [2.75, 3.05) is 13.7 Å². The minimum atomic E-state index is -0.440. The van der Waals surface area contributed by atoms with E-state index in [1.807, 2.05) is 54.7 Å². The summed E-state index contributed by atoms with van der Waals surface area (Å²) in [7, 11) is 1.66. The van der Waals surface area contributed by atoms with Gasteiger partial charge in [0.05, 0.1) is 17.5 Å². The summed E-state index contributed by atoms with van der Waals surface area (Å²) in [6.07, 6.45) is 6.99. The van der Waals surface area contributed by atoms with Crippen LogP contribution >= 0.6 is 12.4 Å².